The van der Waals surface area contributed by atoms with Crippen molar-refractivity contribution in [2.45, 2.75) is 59.0 Å². The number of benzene rings is 1. The lowest BCUT2D eigenvalue weighted by Crippen LogP contribution is -2.45. The fourth-order valence-corrected chi connectivity index (χ4v) is 4.23. The van der Waals surface area contributed by atoms with Crippen molar-refractivity contribution in [1.82, 2.24) is 14.7 Å². The van der Waals surface area contributed by atoms with Gasteiger partial charge in [0.25, 0.3) is 0 Å². The van der Waals surface area contributed by atoms with Gasteiger partial charge >= 0.3 is 0 Å². The third-order valence-electron chi connectivity index (χ3n) is 5.90. The lowest BCUT2D eigenvalue weighted by atomic mass is 9.76. The summed E-state index contributed by atoms with van der Waals surface area (Å²) in [6.07, 6.45) is 7.53. The molecule has 0 bridgehead atoms. The molecule has 0 spiro atoms. The molecule has 1 aromatic carbocycles. The minimum absolute atomic E-state index is 0.0292. The summed E-state index contributed by atoms with van der Waals surface area (Å²) in [4.78, 5) is 2.52. The molecule has 1 saturated heterocycles. The first-order chi connectivity index (χ1) is 12.7. The van der Waals surface area contributed by atoms with E-state index in [9.17, 15) is 5.11 Å². The lowest BCUT2D eigenvalue weighted by molar-refractivity contribution is 0.0223. The summed E-state index contributed by atoms with van der Waals surface area (Å²) in [6, 6.07) is 10.7. The summed E-state index contributed by atoms with van der Waals surface area (Å²) in [6.45, 7) is 8.68. The Labute approximate surface area is 157 Å². The summed E-state index contributed by atoms with van der Waals surface area (Å²) < 4.78 is 2.12. The Morgan fingerprint density at radius 2 is 2.04 bits per heavy atom. The molecule has 2 heterocycles. The molecular weight excluding hydrogens is 322 g/mol. The largest absolute Gasteiger partial charge is 0.396 e. The molecule has 1 aliphatic rings. The van der Waals surface area contributed by atoms with Crippen molar-refractivity contribution in [3.05, 3.63) is 53.3 Å². The number of piperidine rings is 1. The van der Waals surface area contributed by atoms with Gasteiger partial charge in [0.05, 0.1) is 6.20 Å². The van der Waals surface area contributed by atoms with E-state index in [1.165, 1.54) is 16.8 Å². The smallest absolute Gasteiger partial charge is 0.0537 e. The van der Waals surface area contributed by atoms with Crippen molar-refractivity contribution >= 4 is 0 Å². The molecule has 142 valence electrons. The van der Waals surface area contributed by atoms with Gasteiger partial charge in [-0.15, -0.1) is 0 Å². The van der Waals surface area contributed by atoms with Crippen LogP contribution in [0.2, 0.25) is 0 Å². The van der Waals surface area contributed by atoms with E-state index >= 15 is 0 Å². The van der Waals surface area contributed by atoms with Gasteiger partial charge in [-0.05, 0) is 51.1 Å². The molecule has 1 aromatic heterocycles. The average Bonchev–Trinajstić information content (AvgIpc) is 3.01. The van der Waals surface area contributed by atoms with Crippen LogP contribution in [0.5, 0.6) is 0 Å². The maximum Gasteiger partial charge on any atom is 0.0537 e. The minimum atomic E-state index is 0.0292. The molecule has 0 saturated carbocycles. The van der Waals surface area contributed by atoms with Gasteiger partial charge in [-0.25, -0.2) is 0 Å². The van der Waals surface area contributed by atoms with Crippen molar-refractivity contribution < 1.29 is 5.11 Å². The topological polar surface area (TPSA) is 41.3 Å². The number of hydrogen-bond donors (Lipinski definition) is 1. The van der Waals surface area contributed by atoms with Gasteiger partial charge in [-0.2, -0.15) is 5.10 Å². The van der Waals surface area contributed by atoms with E-state index < -0.39 is 0 Å². The molecule has 2 aromatic rings. The normalized spacial score (nSPS) is 21.2. The number of aliphatic hydroxyl groups excluding tert-OH is 1. The fourth-order valence-electron chi connectivity index (χ4n) is 4.23. The van der Waals surface area contributed by atoms with Crippen LogP contribution in [0, 0.1) is 12.3 Å². The van der Waals surface area contributed by atoms with Crippen LogP contribution in [0.15, 0.2) is 36.5 Å². The first-order valence-electron chi connectivity index (χ1n) is 10.0. The molecule has 4 nitrogen and oxygen atoms in total. The molecule has 1 unspecified atom stereocenters. The van der Waals surface area contributed by atoms with E-state index in [0.717, 1.165) is 58.3 Å². The number of rotatable bonds is 8. The van der Waals surface area contributed by atoms with Gasteiger partial charge in [-0.1, -0.05) is 37.3 Å². The predicted octanol–water partition coefficient (Wildman–Crippen LogP) is 3.81. The standard InChI is InChI=1S/C22H33N3O/c1-3-13-25-19(2)21(15-23-25)16-24-14-7-11-22(17-24,18-26)12-10-20-8-5-4-6-9-20/h4-6,8-9,15,26H,3,7,10-14,16-18H2,1-2H3. The summed E-state index contributed by atoms with van der Waals surface area (Å²) in [5.41, 5.74) is 4.02. The van der Waals surface area contributed by atoms with E-state index in [2.05, 4.69) is 58.9 Å². The minimum Gasteiger partial charge on any atom is -0.396 e. The van der Waals surface area contributed by atoms with Crippen molar-refractivity contribution in [3.63, 3.8) is 0 Å². The Morgan fingerprint density at radius 1 is 1.23 bits per heavy atom. The molecule has 3 rings (SSSR count). The first-order valence-corrected chi connectivity index (χ1v) is 10.0. The molecule has 0 amide bonds. The second kappa shape index (κ2) is 8.83. The zero-order chi connectivity index (χ0) is 18.4. The van der Waals surface area contributed by atoms with Gasteiger partial charge < -0.3 is 5.11 Å². The summed E-state index contributed by atoms with van der Waals surface area (Å²) in [7, 11) is 0. The third kappa shape index (κ3) is 4.54. The van der Waals surface area contributed by atoms with Gasteiger partial charge in [0.1, 0.15) is 0 Å². The summed E-state index contributed by atoms with van der Waals surface area (Å²) in [5, 5.41) is 14.7. The van der Waals surface area contributed by atoms with Crippen molar-refractivity contribution in [2.75, 3.05) is 19.7 Å². The van der Waals surface area contributed by atoms with Crippen LogP contribution < -0.4 is 0 Å². The van der Waals surface area contributed by atoms with Gasteiger partial charge in [0.15, 0.2) is 0 Å². The molecular formula is C22H33N3O. The molecule has 0 radical (unpaired) electrons. The van der Waals surface area contributed by atoms with E-state index in [4.69, 9.17) is 0 Å². The maximum absolute atomic E-state index is 10.2. The molecule has 4 heteroatoms. The average molecular weight is 356 g/mol. The Bertz CT molecular complexity index is 682. The number of aliphatic hydroxyl groups is 1. The fraction of sp³-hybridized carbons (Fsp3) is 0.591. The number of aryl methyl sites for hydroxylation is 2. The number of aromatic nitrogens is 2. The molecule has 1 atom stereocenters. The zero-order valence-corrected chi connectivity index (χ0v) is 16.3. The second-order valence-electron chi connectivity index (χ2n) is 7.94. The Morgan fingerprint density at radius 3 is 2.77 bits per heavy atom. The molecule has 1 fully saturated rings. The third-order valence-corrected chi connectivity index (χ3v) is 5.90. The van der Waals surface area contributed by atoms with Crippen LogP contribution in [-0.2, 0) is 19.5 Å². The van der Waals surface area contributed by atoms with Crippen LogP contribution >= 0.6 is 0 Å². The van der Waals surface area contributed by atoms with Gasteiger partial charge in [0, 0.05) is 42.9 Å². The number of nitrogens with zero attached hydrogens (tertiary/aromatic N) is 3. The SMILES string of the molecule is CCCn1ncc(CN2CCCC(CO)(CCc3ccccc3)C2)c1C. The molecule has 1 N–H and O–H groups in total. The second-order valence-corrected chi connectivity index (χ2v) is 7.94. The van der Waals surface area contributed by atoms with Crippen LogP contribution in [0.25, 0.3) is 0 Å². The molecule has 1 aliphatic heterocycles. The Hall–Kier alpha value is -1.65. The highest BCUT2D eigenvalue weighted by atomic mass is 16.3. The quantitative estimate of drug-likeness (QED) is 0.783. The van der Waals surface area contributed by atoms with Gasteiger partial charge in [0.2, 0.25) is 0 Å². The van der Waals surface area contributed by atoms with Crippen LogP contribution in [-0.4, -0.2) is 39.5 Å². The zero-order valence-electron chi connectivity index (χ0n) is 16.3. The highest BCUT2D eigenvalue weighted by molar-refractivity contribution is 5.17. The van der Waals surface area contributed by atoms with E-state index in [1.807, 2.05) is 6.20 Å². The van der Waals surface area contributed by atoms with Crippen molar-refractivity contribution in [1.29, 1.82) is 0 Å². The van der Waals surface area contributed by atoms with E-state index in [0.29, 0.717) is 0 Å². The van der Waals surface area contributed by atoms with Crippen molar-refractivity contribution in [2.24, 2.45) is 5.41 Å². The molecule has 0 aliphatic carbocycles. The predicted molar refractivity (Wildman–Crippen MR) is 106 cm³/mol. The van der Waals surface area contributed by atoms with Crippen molar-refractivity contribution in [3.8, 4) is 0 Å². The summed E-state index contributed by atoms with van der Waals surface area (Å²) >= 11 is 0. The lowest BCUT2D eigenvalue weighted by Gasteiger charge is -2.42. The van der Waals surface area contributed by atoms with Crippen LogP contribution in [0.3, 0.4) is 0 Å². The first kappa shape index (κ1) is 19.1. The Kier molecular flexibility index (Phi) is 6.49. The van der Waals surface area contributed by atoms with E-state index in [1.54, 1.807) is 0 Å². The summed E-state index contributed by atoms with van der Waals surface area (Å²) in [5.74, 6) is 0. The monoisotopic (exact) mass is 355 g/mol. The molecule has 26 heavy (non-hydrogen) atoms. The van der Waals surface area contributed by atoms with E-state index in [-0.39, 0.29) is 12.0 Å². The highest BCUT2D eigenvalue weighted by Gasteiger charge is 2.34. The highest BCUT2D eigenvalue weighted by Crippen LogP contribution is 2.35. The maximum atomic E-state index is 10.2. The number of hydrogen-bond acceptors (Lipinski definition) is 3. The Balaban J connectivity index is 1.63. The van der Waals surface area contributed by atoms with Gasteiger partial charge in [-0.3, -0.25) is 9.58 Å². The van der Waals surface area contributed by atoms with Crippen LogP contribution in [0.4, 0.5) is 0 Å². The number of likely N-dealkylation sites (tertiary alicyclic amines) is 1. The van der Waals surface area contributed by atoms with Crippen LogP contribution in [0.1, 0.15) is 49.4 Å².